The summed E-state index contributed by atoms with van der Waals surface area (Å²) in [5.74, 6) is -0.501. The van der Waals surface area contributed by atoms with Gasteiger partial charge < -0.3 is 18.6 Å². The van der Waals surface area contributed by atoms with Crippen LogP contribution in [0.25, 0.3) is 0 Å². The van der Waals surface area contributed by atoms with E-state index in [1.807, 2.05) is 60.7 Å². The van der Waals surface area contributed by atoms with Gasteiger partial charge in [0.1, 0.15) is 19.3 Å². The molecule has 8 heteroatoms. The zero-order chi connectivity index (χ0) is 24.5. The second-order valence-electron chi connectivity index (χ2n) is 10.3. The van der Waals surface area contributed by atoms with E-state index in [2.05, 4.69) is 33.9 Å². The lowest BCUT2D eigenvalue weighted by Crippen LogP contribution is -2.47. The minimum absolute atomic E-state index is 0.0503. The summed E-state index contributed by atoms with van der Waals surface area (Å²) in [7, 11) is -2.21. The van der Waals surface area contributed by atoms with Gasteiger partial charge in [-0.25, -0.2) is 9.59 Å². The van der Waals surface area contributed by atoms with E-state index in [1.165, 1.54) is 0 Å². The van der Waals surface area contributed by atoms with Crippen LogP contribution in [-0.2, 0) is 36.6 Å². The summed E-state index contributed by atoms with van der Waals surface area (Å²) in [5.41, 5.74) is 1.78. The van der Waals surface area contributed by atoms with Crippen LogP contribution < -0.4 is 0 Å². The average Bonchev–Trinajstić information content (AvgIpc) is 3.44. The second kappa shape index (κ2) is 9.52. The number of rotatable bonds is 7. The molecular formula is C26H33NO6Si. The number of fused-ring (bicyclic) bond motifs is 1. The predicted octanol–water partition coefficient (Wildman–Crippen LogP) is 4.87. The molecule has 1 amide bonds. The summed E-state index contributed by atoms with van der Waals surface area (Å²) in [6.07, 6.45) is -2.08. The van der Waals surface area contributed by atoms with Crippen molar-refractivity contribution in [2.45, 2.75) is 76.6 Å². The fourth-order valence-electron chi connectivity index (χ4n) is 3.80. The van der Waals surface area contributed by atoms with E-state index in [1.54, 1.807) is 4.90 Å². The maximum atomic E-state index is 12.9. The van der Waals surface area contributed by atoms with Crippen molar-refractivity contribution in [2.24, 2.45) is 0 Å². The lowest BCUT2D eigenvalue weighted by atomic mass is 10.2. The molecule has 0 saturated carbocycles. The summed E-state index contributed by atoms with van der Waals surface area (Å²) in [6, 6.07) is 18.1. The summed E-state index contributed by atoms with van der Waals surface area (Å²) >= 11 is 0. The van der Waals surface area contributed by atoms with Gasteiger partial charge >= 0.3 is 12.1 Å². The van der Waals surface area contributed by atoms with Gasteiger partial charge in [-0.15, -0.1) is 0 Å². The molecule has 0 spiro atoms. The van der Waals surface area contributed by atoms with Crippen molar-refractivity contribution in [3.8, 4) is 0 Å². The van der Waals surface area contributed by atoms with E-state index < -0.39 is 38.8 Å². The van der Waals surface area contributed by atoms with Gasteiger partial charge in [0.05, 0.1) is 6.04 Å². The van der Waals surface area contributed by atoms with Gasteiger partial charge in [-0.2, -0.15) is 0 Å². The molecule has 2 aliphatic rings. The van der Waals surface area contributed by atoms with Crippen LogP contribution in [0.4, 0.5) is 4.79 Å². The number of benzene rings is 2. The number of hydrogen-bond donors (Lipinski definition) is 0. The summed E-state index contributed by atoms with van der Waals surface area (Å²) < 4.78 is 23.6. The highest BCUT2D eigenvalue weighted by molar-refractivity contribution is 6.74. The van der Waals surface area contributed by atoms with Crippen molar-refractivity contribution < 1.29 is 28.2 Å². The number of nitrogens with zero attached hydrogens (tertiary/aromatic N) is 1. The molecule has 0 aromatic heterocycles. The average molecular weight is 484 g/mol. The molecule has 4 rings (SSSR count). The van der Waals surface area contributed by atoms with E-state index in [0.29, 0.717) is 0 Å². The van der Waals surface area contributed by atoms with Gasteiger partial charge in [0.15, 0.2) is 20.7 Å². The zero-order valence-electron chi connectivity index (χ0n) is 20.4. The quantitative estimate of drug-likeness (QED) is 0.318. The molecular weight excluding hydrogens is 450 g/mol. The van der Waals surface area contributed by atoms with Crippen molar-refractivity contribution >= 4 is 20.4 Å². The monoisotopic (exact) mass is 483 g/mol. The van der Waals surface area contributed by atoms with Crippen molar-refractivity contribution in [3.63, 3.8) is 0 Å². The molecule has 2 fully saturated rings. The first kappa shape index (κ1) is 24.4. The minimum Gasteiger partial charge on any atom is -0.459 e. The van der Waals surface area contributed by atoms with Gasteiger partial charge in [0, 0.05) is 0 Å². The minimum atomic E-state index is -2.21. The maximum Gasteiger partial charge on any atom is 0.411 e. The largest absolute Gasteiger partial charge is 0.459 e. The second-order valence-corrected chi connectivity index (χ2v) is 15.1. The molecule has 0 aliphatic carbocycles. The molecule has 34 heavy (non-hydrogen) atoms. The Morgan fingerprint density at radius 2 is 1.41 bits per heavy atom. The highest BCUT2D eigenvalue weighted by atomic mass is 28.4. The Morgan fingerprint density at radius 3 is 1.94 bits per heavy atom. The van der Waals surface area contributed by atoms with Crippen LogP contribution in [-0.4, -0.2) is 49.8 Å². The Balaban J connectivity index is 1.45. The fourth-order valence-corrected chi connectivity index (χ4v) is 4.93. The van der Waals surface area contributed by atoms with Crippen molar-refractivity contribution in [1.29, 1.82) is 0 Å². The number of carbonyl (C=O) groups is 2. The van der Waals surface area contributed by atoms with Crippen LogP contribution in [0, 0.1) is 0 Å². The normalized spacial score (nSPS) is 23.9. The van der Waals surface area contributed by atoms with Crippen molar-refractivity contribution in [3.05, 3.63) is 71.8 Å². The first-order valence-corrected chi connectivity index (χ1v) is 14.5. The van der Waals surface area contributed by atoms with Crippen LogP contribution in [0.2, 0.25) is 18.1 Å². The topological polar surface area (TPSA) is 74.1 Å². The molecule has 2 heterocycles. The summed E-state index contributed by atoms with van der Waals surface area (Å²) in [6.45, 7) is 10.9. The van der Waals surface area contributed by atoms with Crippen LogP contribution in [0.3, 0.4) is 0 Å². The first-order chi connectivity index (χ1) is 16.1. The Labute approximate surface area is 202 Å². The third-order valence-electron chi connectivity index (χ3n) is 6.86. The van der Waals surface area contributed by atoms with E-state index in [-0.39, 0.29) is 24.3 Å². The fraction of sp³-hybridized carbons (Fsp3) is 0.462. The van der Waals surface area contributed by atoms with Gasteiger partial charge in [-0.05, 0) is 29.3 Å². The van der Waals surface area contributed by atoms with Crippen LogP contribution in [0.5, 0.6) is 0 Å². The molecule has 7 nitrogen and oxygen atoms in total. The smallest absolute Gasteiger partial charge is 0.411 e. The molecule has 2 aromatic carbocycles. The van der Waals surface area contributed by atoms with E-state index in [9.17, 15) is 9.59 Å². The lowest BCUT2D eigenvalue weighted by Gasteiger charge is -2.38. The first-order valence-electron chi connectivity index (χ1n) is 11.6. The lowest BCUT2D eigenvalue weighted by molar-refractivity contribution is -0.172. The summed E-state index contributed by atoms with van der Waals surface area (Å²) in [4.78, 5) is 27.4. The van der Waals surface area contributed by atoms with E-state index in [0.717, 1.165) is 11.1 Å². The molecule has 0 bridgehead atoms. The molecule has 2 aromatic rings. The number of amides is 1. The Kier molecular flexibility index (Phi) is 6.84. The Morgan fingerprint density at radius 1 is 0.882 bits per heavy atom. The van der Waals surface area contributed by atoms with Gasteiger partial charge in [-0.1, -0.05) is 81.4 Å². The van der Waals surface area contributed by atoms with Gasteiger partial charge in [0.25, 0.3) is 0 Å². The third kappa shape index (κ3) is 5.19. The van der Waals surface area contributed by atoms with Gasteiger partial charge in [0.2, 0.25) is 0 Å². The Bertz CT molecular complexity index is 1010. The maximum absolute atomic E-state index is 12.9. The molecule has 182 valence electrons. The van der Waals surface area contributed by atoms with Crippen molar-refractivity contribution in [1.82, 2.24) is 4.90 Å². The molecule has 4 atom stereocenters. The number of hydrogen-bond acceptors (Lipinski definition) is 6. The van der Waals surface area contributed by atoms with E-state index >= 15 is 0 Å². The van der Waals surface area contributed by atoms with Crippen LogP contribution >= 0.6 is 0 Å². The standard InChI is InChI=1S/C26H33NO6Si/c1-26(2,3)34(4,5)33-24-21-20(27(21)25(29)31-17-19-14-10-7-11-15-19)22(32-24)23(28)30-16-18-12-8-6-9-13-18/h6-15,20-22,24H,16-17H2,1-5H3/t20-,21+,22+,24-,27?/m1/s1. The highest BCUT2D eigenvalue weighted by Gasteiger charge is 2.69. The van der Waals surface area contributed by atoms with E-state index in [4.69, 9.17) is 18.6 Å². The molecule has 2 aliphatic heterocycles. The van der Waals surface area contributed by atoms with Crippen molar-refractivity contribution in [2.75, 3.05) is 0 Å². The molecule has 0 radical (unpaired) electrons. The number of ether oxygens (including phenoxy) is 3. The van der Waals surface area contributed by atoms with Crippen LogP contribution in [0.1, 0.15) is 31.9 Å². The third-order valence-corrected chi connectivity index (χ3v) is 11.3. The number of carbonyl (C=O) groups excluding carboxylic acids is 2. The SMILES string of the molecule is CC(C)(C)[Si](C)(C)O[C@H]1O[C@H](C(=O)OCc2ccccc2)[C@H]2[C@@H]1N2C(=O)OCc1ccccc1. The Hall–Kier alpha value is -2.68. The predicted molar refractivity (Wildman–Crippen MR) is 129 cm³/mol. The zero-order valence-corrected chi connectivity index (χ0v) is 21.4. The van der Waals surface area contributed by atoms with Gasteiger partial charge in [-0.3, -0.25) is 4.90 Å². The summed E-state index contributed by atoms with van der Waals surface area (Å²) in [5, 5.41) is -0.0503. The molecule has 0 unspecified atom stereocenters. The highest BCUT2D eigenvalue weighted by Crippen LogP contribution is 2.47. The van der Waals surface area contributed by atoms with Crippen LogP contribution in [0.15, 0.2) is 60.7 Å². The molecule has 0 N–H and O–H groups in total. The number of morpholine rings is 1. The molecule has 2 saturated heterocycles. The number of esters is 1.